The number of fused-ring (bicyclic) bond motifs is 1. The van der Waals surface area contributed by atoms with E-state index in [-0.39, 0.29) is 17.2 Å². The van der Waals surface area contributed by atoms with Gasteiger partial charge in [0, 0.05) is 17.3 Å². The average Bonchev–Trinajstić information content (AvgIpc) is 2.79. The molecular weight excluding hydrogens is 472 g/mol. The highest BCUT2D eigenvalue weighted by molar-refractivity contribution is 7.98. The molecule has 7 nitrogen and oxygen atoms in total. The molecule has 3 rings (SSSR count). The van der Waals surface area contributed by atoms with Crippen LogP contribution in [0.5, 0.6) is 0 Å². The largest absolute Gasteiger partial charge is 0.454 e. The number of hydrogen-bond donors (Lipinski definition) is 1. The van der Waals surface area contributed by atoms with Crippen molar-refractivity contribution in [2.24, 2.45) is 0 Å². The number of esters is 1. The Morgan fingerprint density at radius 1 is 1.19 bits per heavy atom. The van der Waals surface area contributed by atoms with E-state index in [1.54, 1.807) is 4.90 Å². The molecule has 0 unspecified atom stereocenters. The van der Waals surface area contributed by atoms with Crippen molar-refractivity contribution in [3.63, 3.8) is 0 Å². The number of ether oxygens (including phenoxy) is 1. The van der Waals surface area contributed by atoms with E-state index in [1.165, 1.54) is 36.0 Å². The zero-order valence-electron chi connectivity index (χ0n) is 17.6. The number of halogens is 1. The number of hydrogen-bond acceptors (Lipinski definition) is 6. The molecule has 1 heterocycles. The number of nitrogens with zero attached hydrogens (tertiary/aromatic N) is 1. The number of aryl methyl sites for hydroxylation is 1. The van der Waals surface area contributed by atoms with Crippen LogP contribution in [0.2, 0.25) is 5.02 Å². The molecule has 2 aromatic rings. The summed E-state index contributed by atoms with van der Waals surface area (Å²) in [5.41, 5.74) is 1.90. The van der Waals surface area contributed by atoms with Crippen LogP contribution in [-0.4, -0.2) is 51.5 Å². The van der Waals surface area contributed by atoms with E-state index in [0.717, 1.165) is 24.1 Å². The molecule has 0 aromatic heterocycles. The van der Waals surface area contributed by atoms with Crippen LogP contribution in [0.1, 0.15) is 18.4 Å². The SMILES string of the molecule is CSCC[C@@H](NS(=O)(=O)c1ccc(Cl)cc1)C(=O)OCC(=O)N1CCCc2ccccc21. The predicted molar refractivity (Wildman–Crippen MR) is 127 cm³/mol. The van der Waals surface area contributed by atoms with E-state index >= 15 is 0 Å². The summed E-state index contributed by atoms with van der Waals surface area (Å²) in [5.74, 6) is -0.582. The van der Waals surface area contributed by atoms with E-state index in [1.807, 2.05) is 30.5 Å². The van der Waals surface area contributed by atoms with E-state index in [0.29, 0.717) is 17.3 Å². The third kappa shape index (κ3) is 6.25. The first-order valence-corrected chi connectivity index (χ1v) is 13.4. The van der Waals surface area contributed by atoms with Crippen LogP contribution in [0.3, 0.4) is 0 Å². The van der Waals surface area contributed by atoms with E-state index in [9.17, 15) is 18.0 Å². The fourth-order valence-electron chi connectivity index (χ4n) is 3.43. The van der Waals surface area contributed by atoms with Gasteiger partial charge < -0.3 is 9.64 Å². The molecule has 10 heteroatoms. The van der Waals surface area contributed by atoms with E-state index < -0.39 is 28.6 Å². The smallest absolute Gasteiger partial charge is 0.324 e. The lowest BCUT2D eigenvalue weighted by atomic mass is 10.0. The van der Waals surface area contributed by atoms with E-state index in [4.69, 9.17) is 16.3 Å². The minimum absolute atomic E-state index is 0.00940. The summed E-state index contributed by atoms with van der Waals surface area (Å²) in [5, 5.41) is 0.403. The topological polar surface area (TPSA) is 92.8 Å². The molecule has 1 atom stereocenters. The van der Waals surface area contributed by atoms with Crippen LogP contribution in [0.25, 0.3) is 0 Å². The fourth-order valence-corrected chi connectivity index (χ4v) is 5.25. The van der Waals surface area contributed by atoms with Crippen LogP contribution >= 0.6 is 23.4 Å². The van der Waals surface area contributed by atoms with Gasteiger partial charge in [0.15, 0.2) is 6.61 Å². The van der Waals surface area contributed by atoms with Gasteiger partial charge in [-0.25, -0.2) is 8.42 Å². The number of sulfonamides is 1. The molecule has 0 saturated heterocycles. The standard InChI is InChI=1S/C22H25ClN2O5S2/c1-31-14-12-19(24-32(28,29)18-10-8-17(23)9-11-18)22(27)30-15-21(26)25-13-4-6-16-5-2-3-7-20(16)25/h2-3,5,7-11,19,24H,4,6,12-15H2,1H3/t19-/m1/s1. The van der Waals surface area contributed by atoms with Crippen molar-refractivity contribution >= 4 is 50.9 Å². The summed E-state index contributed by atoms with van der Waals surface area (Å²) < 4.78 is 33.0. The maximum atomic E-state index is 12.7. The maximum Gasteiger partial charge on any atom is 0.324 e. The number of nitrogens with one attached hydrogen (secondary N) is 1. The number of carbonyl (C=O) groups is 2. The van der Waals surface area contributed by atoms with Crippen molar-refractivity contribution in [2.75, 3.05) is 30.1 Å². The van der Waals surface area contributed by atoms with Crippen LogP contribution in [0, 0.1) is 0 Å². The average molecular weight is 497 g/mol. The van der Waals surface area contributed by atoms with Crippen molar-refractivity contribution in [1.29, 1.82) is 0 Å². The Morgan fingerprint density at radius 3 is 2.62 bits per heavy atom. The van der Waals surface area contributed by atoms with Gasteiger partial charge >= 0.3 is 5.97 Å². The van der Waals surface area contributed by atoms with E-state index in [2.05, 4.69) is 4.72 Å². The summed E-state index contributed by atoms with van der Waals surface area (Å²) in [4.78, 5) is 27.0. The minimum atomic E-state index is -3.96. The second-order valence-corrected chi connectivity index (χ2v) is 10.4. The van der Waals surface area contributed by atoms with Gasteiger partial charge in [0.25, 0.3) is 5.91 Å². The highest BCUT2D eigenvalue weighted by atomic mass is 35.5. The molecule has 2 aromatic carbocycles. The van der Waals surface area contributed by atoms with Crippen LogP contribution < -0.4 is 9.62 Å². The minimum Gasteiger partial charge on any atom is -0.454 e. The first-order chi connectivity index (χ1) is 15.3. The Morgan fingerprint density at radius 2 is 1.91 bits per heavy atom. The molecule has 172 valence electrons. The van der Waals surface area contributed by atoms with Gasteiger partial charge in [0.2, 0.25) is 10.0 Å². The Labute approximate surface area is 197 Å². The summed E-state index contributed by atoms with van der Waals surface area (Å²) in [6.45, 7) is 0.0953. The summed E-state index contributed by atoms with van der Waals surface area (Å²) in [6.07, 6.45) is 3.80. The first-order valence-electron chi connectivity index (χ1n) is 10.1. The second kappa shape index (κ2) is 11.2. The van der Waals surface area contributed by atoms with Gasteiger partial charge in [-0.1, -0.05) is 29.8 Å². The van der Waals surface area contributed by atoms with Crippen molar-refractivity contribution in [3.05, 3.63) is 59.1 Å². The summed E-state index contributed by atoms with van der Waals surface area (Å²) >= 11 is 7.30. The lowest BCUT2D eigenvalue weighted by molar-refractivity contribution is -0.149. The number of rotatable bonds is 9. The molecule has 0 fully saturated rings. The number of para-hydroxylation sites is 1. The number of benzene rings is 2. The molecule has 1 amide bonds. The van der Waals surface area contributed by atoms with Crippen LogP contribution in [-0.2, 0) is 30.8 Å². The Kier molecular flexibility index (Phi) is 8.58. The van der Waals surface area contributed by atoms with Crippen molar-refractivity contribution in [1.82, 2.24) is 4.72 Å². The Hall–Kier alpha value is -2.07. The summed E-state index contributed by atoms with van der Waals surface area (Å²) in [6, 6.07) is 12.2. The summed E-state index contributed by atoms with van der Waals surface area (Å²) in [7, 11) is -3.96. The molecule has 0 spiro atoms. The van der Waals surface area contributed by atoms with Gasteiger partial charge in [0.05, 0.1) is 4.90 Å². The van der Waals surface area contributed by atoms with Gasteiger partial charge in [-0.2, -0.15) is 16.5 Å². The number of thioether (sulfide) groups is 1. The molecule has 0 bridgehead atoms. The van der Waals surface area contributed by atoms with Gasteiger partial charge in [0.1, 0.15) is 6.04 Å². The zero-order chi connectivity index (χ0) is 23.1. The van der Waals surface area contributed by atoms with Crippen LogP contribution in [0.15, 0.2) is 53.4 Å². The normalized spacial score (nSPS) is 14.5. The Balaban J connectivity index is 1.66. The second-order valence-electron chi connectivity index (χ2n) is 7.29. The first kappa shape index (κ1) is 24.6. The Bertz CT molecular complexity index is 1060. The van der Waals surface area contributed by atoms with Gasteiger partial charge in [-0.15, -0.1) is 0 Å². The van der Waals surface area contributed by atoms with Crippen molar-refractivity contribution in [3.8, 4) is 0 Å². The zero-order valence-corrected chi connectivity index (χ0v) is 20.0. The third-order valence-electron chi connectivity index (χ3n) is 5.07. The molecule has 0 aliphatic carbocycles. The van der Waals surface area contributed by atoms with Gasteiger partial charge in [-0.3, -0.25) is 9.59 Å². The number of anilines is 1. The molecule has 1 aliphatic heterocycles. The highest BCUT2D eigenvalue weighted by Crippen LogP contribution is 2.26. The molecule has 1 N–H and O–H groups in total. The maximum absolute atomic E-state index is 12.7. The molecular formula is C22H25ClN2O5S2. The quantitative estimate of drug-likeness (QED) is 0.536. The molecule has 0 radical (unpaired) electrons. The van der Waals surface area contributed by atoms with Crippen molar-refractivity contribution in [2.45, 2.75) is 30.2 Å². The van der Waals surface area contributed by atoms with Crippen molar-refractivity contribution < 1.29 is 22.7 Å². The number of amides is 1. The molecule has 32 heavy (non-hydrogen) atoms. The highest BCUT2D eigenvalue weighted by Gasteiger charge is 2.29. The third-order valence-corrected chi connectivity index (χ3v) is 7.45. The predicted octanol–water partition coefficient (Wildman–Crippen LogP) is 3.26. The lowest BCUT2D eigenvalue weighted by Gasteiger charge is -2.29. The van der Waals surface area contributed by atoms with Crippen LogP contribution in [0.4, 0.5) is 5.69 Å². The monoisotopic (exact) mass is 496 g/mol. The lowest BCUT2D eigenvalue weighted by Crippen LogP contribution is -2.44. The molecule has 1 aliphatic rings. The fraction of sp³-hybridized carbons (Fsp3) is 0.364. The molecule has 0 saturated carbocycles. The van der Waals surface area contributed by atoms with Gasteiger partial charge in [-0.05, 0) is 67.2 Å². The number of carbonyl (C=O) groups excluding carboxylic acids is 2.